The summed E-state index contributed by atoms with van der Waals surface area (Å²) in [6.07, 6.45) is 1.25. The zero-order valence-corrected chi connectivity index (χ0v) is 12.1. The molecule has 0 aromatic carbocycles. The molecule has 0 aliphatic heterocycles. The van der Waals surface area contributed by atoms with E-state index >= 15 is 0 Å². The van der Waals surface area contributed by atoms with Crippen LogP contribution in [0.5, 0.6) is 0 Å². The molecule has 3 nitrogen and oxygen atoms in total. The van der Waals surface area contributed by atoms with Gasteiger partial charge < -0.3 is 10.4 Å². The minimum Gasteiger partial charge on any atom is -0.391 e. The third-order valence-electron chi connectivity index (χ3n) is 2.29. The quantitative estimate of drug-likeness (QED) is 0.890. The van der Waals surface area contributed by atoms with Crippen LogP contribution in [0, 0.1) is 0 Å². The Kier molecular flexibility index (Phi) is 4.14. The summed E-state index contributed by atoms with van der Waals surface area (Å²) in [7, 11) is 0. The van der Waals surface area contributed by atoms with E-state index in [0.717, 1.165) is 14.8 Å². The summed E-state index contributed by atoms with van der Waals surface area (Å²) in [5.41, 5.74) is -0.413. The predicted molar refractivity (Wildman–Crippen MR) is 69.0 cm³/mol. The summed E-state index contributed by atoms with van der Waals surface area (Å²) in [6, 6.07) is 1.91. The van der Waals surface area contributed by atoms with E-state index in [9.17, 15) is 5.11 Å². The van der Waals surface area contributed by atoms with Crippen LogP contribution >= 0.6 is 31.9 Å². The second-order valence-electron chi connectivity index (χ2n) is 4.01. The molecule has 0 saturated heterocycles. The molecule has 0 aliphatic rings. The van der Waals surface area contributed by atoms with Gasteiger partial charge in [0.25, 0.3) is 0 Å². The summed E-state index contributed by atoms with van der Waals surface area (Å²) in [6.45, 7) is 5.60. The van der Waals surface area contributed by atoms with Crippen LogP contribution < -0.4 is 5.32 Å². The number of nitrogens with zero attached hydrogens (tertiary/aromatic N) is 1. The molecule has 1 rings (SSSR count). The average Bonchev–Trinajstić information content (AvgIpc) is 2.09. The molecule has 0 radical (unpaired) electrons. The molecule has 84 valence electrons. The molecule has 15 heavy (non-hydrogen) atoms. The number of nitrogens with one attached hydrogen (secondary N) is 1. The lowest BCUT2D eigenvalue weighted by atomic mass is 9.99. The van der Waals surface area contributed by atoms with Gasteiger partial charge in [-0.3, -0.25) is 0 Å². The number of hydrogen-bond acceptors (Lipinski definition) is 3. The first kappa shape index (κ1) is 12.9. The number of anilines is 1. The minimum absolute atomic E-state index is 0.413. The van der Waals surface area contributed by atoms with Crippen molar-refractivity contribution in [2.75, 3.05) is 5.32 Å². The summed E-state index contributed by atoms with van der Waals surface area (Å²) in [5, 5.41) is 12.8. The van der Waals surface area contributed by atoms with E-state index in [4.69, 9.17) is 0 Å². The molecule has 0 amide bonds. The molecule has 1 aromatic rings. The maximum Gasteiger partial charge on any atom is 0.140 e. The Hall–Kier alpha value is -0.130. The Bertz CT molecular complexity index is 353. The lowest BCUT2D eigenvalue weighted by Gasteiger charge is -2.30. The van der Waals surface area contributed by atoms with Gasteiger partial charge in [0.05, 0.1) is 16.1 Å². The summed E-state index contributed by atoms with van der Waals surface area (Å²) in [4.78, 5) is 4.23. The van der Waals surface area contributed by atoms with Gasteiger partial charge in [0.1, 0.15) is 5.82 Å². The zero-order valence-electron chi connectivity index (χ0n) is 8.88. The van der Waals surface area contributed by atoms with Crippen molar-refractivity contribution in [3.8, 4) is 0 Å². The van der Waals surface area contributed by atoms with E-state index in [2.05, 4.69) is 42.2 Å². The number of aromatic nitrogens is 1. The number of pyridine rings is 1. The van der Waals surface area contributed by atoms with E-state index in [1.807, 2.05) is 19.9 Å². The van der Waals surface area contributed by atoms with Crippen LogP contribution in [0.25, 0.3) is 0 Å². The van der Waals surface area contributed by atoms with Crippen molar-refractivity contribution in [1.82, 2.24) is 4.98 Å². The van der Waals surface area contributed by atoms with Crippen molar-refractivity contribution in [3.05, 3.63) is 21.2 Å². The van der Waals surface area contributed by atoms with Gasteiger partial charge in [0.15, 0.2) is 0 Å². The zero-order chi connectivity index (χ0) is 11.6. The molecular weight excluding hydrogens is 324 g/mol. The van der Waals surface area contributed by atoms with E-state index < -0.39 is 11.6 Å². The lowest BCUT2D eigenvalue weighted by Crippen LogP contribution is -2.42. The number of halogens is 2. The van der Waals surface area contributed by atoms with Gasteiger partial charge in [-0.1, -0.05) is 0 Å². The molecule has 0 aliphatic carbocycles. The van der Waals surface area contributed by atoms with E-state index in [1.54, 1.807) is 13.1 Å². The summed E-state index contributed by atoms with van der Waals surface area (Å²) >= 11 is 6.75. The molecule has 2 N–H and O–H groups in total. The second-order valence-corrected chi connectivity index (χ2v) is 5.78. The SMILES string of the molecule is CC(O)C(C)(C)Nc1ncc(Br)cc1Br. The van der Waals surface area contributed by atoms with E-state index in [0.29, 0.717) is 0 Å². The van der Waals surface area contributed by atoms with Crippen molar-refractivity contribution in [2.24, 2.45) is 0 Å². The maximum absolute atomic E-state index is 9.57. The van der Waals surface area contributed by atoms with Gasteiger partial charge in [-0.15, -0.1) is 0 Å². The minimum atomic E-state index is -0.463. The molecular formula is C10H14Br2N2O. The highest BCUT2D eigenvalue weighted by Gasteiger charge is 2.24. The molecule has 0 bridgehead atoms. The smallest absolute Gasteiger partial charge is 0.140 e. The van der Waals surface area contributed by atoms with Crippen molar-refractivity contribution in [3.63, 3.8) is 0 Å². The first-order valence-corrected chi connectivity index (χ1v) is 6.19. The van der Waals surface area contributed by atoms with Gasteiger partial charge >= 0.3 is 0 Å². The normalized spacial score (nSPS) is 13.7. The number of aliphatic hydroxyl groups excluding tert-OH is 1. The van der Waals surface area contributed by atoms with Crippen LogP contribution in [-0.2, 0) is 0 Å². The van der Waals surface area contributed by atoms with Crippen LogP contribution in [0.15, 0.2) is 21.2 Å². The van der Waals surface area contributed by atoms with Gasteiger partial charge in [-0.05, 0) is 58.7 Å². The van der Waals surface area contributed by atoms with Gasteiger partial charge in [0.2, 0.25) is 0 Å². The fraction of sp³-hybridized carbons (Fsp3) is 0.500. The number of rotatable bonds is 3. The summed E-state index contributed by atoms with van der Waals surface area (Å²) in [5.74, 6) is 0.726. The Balaban J connectivity index is 2.90. The average molecular weight is 338 g/mol. The van der Waals surface area contributed by atoms with Crippen LogP contribution in [0.2, 0.25) is 0 Å². The topological polar surface area (TPSA) is 45.1 Å². The molecule has 1 unspecified atom stereocenters. The fourth-order valence-electron chi connectivity index (χ4n) is 0.916. The third-order valence-corrected chi connectivity index (χ3v) is 3.33. The molecule has 1 heterocycles. The van der Waals surface area contributed by atoms with Crippen molar-refractivity contribution < 1.29 is 5.11 Å². The van der Waals surface area contributed by atoms with Crippen molar-refractivity contribution in [2.45, 2.75) is 32.4 Å². The van der Waals surface area contributed by atoms with E-state index in [1.165, 1.54) is 0 Å². The molecule has 1 atom stereocenters. The van der Waals surface area contributed by atoms with Crippen LogP contribution in [-0.4, -0.2) is 21.7 Å². The van der Waals surface area contributed by atoms with E-state index in [-0.39, 0.29) is 0 Å². The van der Waals surface area contributed by atoms with Crippen LogP contribution in [0.3, 0.4) is 0 Å². The van der Waals surface area contributed by atoms with Gasteiger partial charge in [-0.25, -0.2) is 4.98 Å². The molecule has 5 heteroatoms. The highest BCUT2D eigenvalue weighted by atomic mass is 79.9. The predicted octanol–water partition coefficient (Wildman–Crippen LogP) is 3.18. The largest absolute Gasteiger partial charge is 0.391 e. The van der Waals surface area contributed by atoms with Crippen LogP contribution in [0.1, 0.15) is 20.8 Å². The molecule has 0 saturated carbocycles. The maximum atomic E-state index is 9.57. The Morgan fingerprint density at radius 2 is 2.07 bits per heavy atom. The third kappa shape index (κ3) is 3.43. The Morgan fingerprint density at radius 1 is 1.47 bits per heavy atom. The van der Waals surface area contributed by atoms with Crippen molar-refractivity contribution in [1.29, 1.82) is 0 Å². The lowest BCUT2D eigenvalue weighted by molar-refractivity contribution is 0.133. The molecule has 0 fully saturated rings. The Labute approximate surface area is 107 Å². The van der Waals surface area contributed by atoms with Gasteiger partial charge in [0, 0.05) is 10.7 Å². The highest BCUT2D eigenvalue weighted by Crippen LogP contribution is 2.26. The van der Waals surface area contributed by atoms with Crippen molar-refractivity contribution >= 4 is 37.7 Å². The first-order valence-electron chi connectivity index (χ1n) is 4.60. The molecule has 0 spiro atoms. The molecule has 1 aromatic heterocycles. The highest BCUT2D eigenvalue weighted by molar-refractivity contribution is 9.11. The number of hydrogen-bond donors (Lipinski definition) is 2. The second kappa shape index (κ2) is 4.80. The fourth-order valence-corrected chi connectivity index (χ4v) is 2.00. The standard InChI is InChI=1S/C10H14Br2N2O/c1-6(15)10(2,3)14-9-8(12)4-7(11)5-13-9/h4-6,15H,1-3H3,(H,13,14). The van der Waals surface area contributed by atoms with Crippen LogP contribution in [0.4, 0.5) is 5.82 Å². The summed E-state index contributed by atoms with van der Waals surface area (Å²) < 4.78 is 1.78. The monoisotopic (exact) mass is 336 g/mol. The number of aliphatic hydroxyl groups is 1. The Morgan fingerprint density at radius 3 is 2.53 bits per heavy atom. The van der Waals surface area contributed by atoms with Gasteiger partial charge in [-0.2, -0.15) is 0 Å². The first-order chi connectivity index (χ1) is 6.83.